The molecule has 0 amide bonds. The van der Waals surface area contributed by atoms with Gasteiger partial charge in [-0.15, -0.1) is 0 Å². The molecule has 3 heteroatoms. The first kappa shape index (κ1) is 15.3. The molecule has 2 fully saturated rings. The minimum atomic E-state index is 0.741. The van der Waals surface area contributed by atoms with E-state index in [1.54, 1.807) is 0 Å². The summed E-state index contributed by atoms with van der Waals surface area (Å²) in [6.07, 6.45) is 4.20. The lowest BCUT2D eigenvalue weighted by atomic mass is 9.74. The van der Waals surface area contributed by atoms with Crippen LogP contribution in [-0.2, 0) is 4.74 Å². The third-order valence-corrected chi connectivity index (χ3v) is 4.96. The first-order valence-corrected chi connectivity index (χ1v) is 8.20. The van der Waals surface area contributed by atoms with Gasteiger partial charge in [-0.05, 0) is 30.6 Å². The number of hydrogen-bond acceptors (Lipinski definition) is 3. The van der Waals surface area contributed by atoms with Crippen LogP contribution in [0.4, 0.5) is 0 Å². The maximum absolute atomic E-state index is 5.40. The summed E-state index contributed by atoms with van der Waals surface area (Å²) in [6, 6.07) is 0.741. The SMILES string of the molecule is CC1CCC(C(C)C)C(NCCN2CCOCC2)C1. The third-order valence-electron chi connectivity index (χ3n) is 4.96. The Morgan fingerprint density at radius 1 is 1.21 bits per heavy atom. The second-order valence-corrected chi connectivity index (χ2v) is 6.84. The van der Waals surface area contributed by atoms with Crippen LogP contribution in [0.15, 0.2) is 0 Å². The van der Waals surface area contributed by atoms with Crippen molar-refractivity contribution in [1.82, 2.24) is 10.2 Å². The zero-order valence-corrected chi connectivity index (χ0v) is 13.0. The Bertz CT molecular complexity index is 251. The van der Waals surface area contributed by atoms with E-state index in [1.165, 1.54) is 25.8 Å². The molecule has 3 atom stereocenters. The molecule has 2 aliphatic rings. The number of rotatable bonds is 5. The summed E-state index contributed by atoms with van der Waals surface area (Å²) >= 11 is 0. The van der Waals surface area contributed by atoms with Gasteiger partial charge in [0.15, 0.2) is 0 Å². The molecule has 0 bridgehead atoms. The second kappa shape index (κ2) is 7.61. The Morgan fingerprint density at radius 3 is 2.63 bits per heavy atom. The summed E-state index contributed by atoms with van der Waals surface area (Å²) < 4.78 is 5.40. The molecule has 19 heavy (non-hydrogen) atoms. The highest BCUT2D eigenvalue weighted by Crippen LogP contribution is 2.33. The molecule has 0 radical (unpaired) electrons. The van der Waals surface area contributed by atoms with E-state index in [0.29, 0.717) is 0 Å². The van der Waals surface area contributed by atoms with E-state index >= 15 is 0 Å². The smallest absolute Gasteiger partial charge is 0.0594 e. The van der Waals surface area contributed by atoms with Crippen LogP contribution in [-0.4, -0.2) is 50.3 Å². The summed E-state index contributed by atoms with van der Waals surface area (Å²) in [4.78, 5) is 2.52. The van der Waals surface area contributed by atoms with Crippen LogP contribution in [0.2, 0.25) is 0 Å². The molecular formula is C16H32N2O. The van der Waals surface area contributed by atoms with E-state index < -0.39 is 0 Å². The number of hydrogen-bond donors (Lipinski definition) is 1. The quantitative estimate of drug-likeness (QED) is 0.828. The predicted molar refractivity (Wildman–Crippen MR) is 80.4 cm³/mol. The van der Waals surface area contributed by atoms with Gasteiger partial charge in [0.1, 0.15) is 0 Å². The van der Waals surface area contributed by atoms with E-state index in [0.717, 1.165) is 56.6 Å². The molecule has 0 aromatic carbocycles. The fraction of sp³-hybridized carbons (Fsp3) is 1.00. The summed E-state index contributed by atoms with van der Waals surface area (Å²) in [7, 11) is 0. The van der Waals surface area contributed by atoms with Crippen LogP contribution >= 0.6 is 0 Å². The number of nitrogens with zero attached hydrogens (tertiary/aromatic N) is 1. The van der Waals surface area contributed by atoms with Crippen molar-refractivity contribution in [1.29, 1.82) is 0 Å². The molecule has 1 aliphatic heterocycles. The third kappa shape index (κ3) is 4.73. The molecule has 1 saturated heterocycles. The average Bonchev–Trinajstić information content (AvgIpc) is 2.39. The van der Waals surface area contributed by atoms with Crippen molar-refractivity contribution in [2.24, 2.45) is 17.8 Å². The minimum absolute atomic E-state index is 0.741. The first-order valence-electron chi connectivity index (χ1n) is 8.20. The second-order valence-electron chi connectivity index (χ2n) is 6.84. The molecule has 1 heterocycles. The van der Waals surface area contributed by atoms with E-state index in [9.17, 15) is 0 Å². The van der Waals surface area contributed by atoms with Crippen molar-refractivity contribution >= 4 is 0 Å². The number of morpholine rings is 1. The van der Waals surface area contributed by atoms with Crippen LogP contribution in [0.1, 0.15) is 40.0 Å². The lowest BCUT2D eigenvalue weighted by Crippen LogP contribution is -2.47. The van der Waals surface area contributed by atoms with Gasteiger partial charge in [-0.3, -0.25) is 4.90 Å². The van der Waals surface area contributed by atoms with E-state index in [-0.39, 0.29) is 0 Å². The van der Waals surface area contributed by atoms with Crippen LogP contribution in [0.5, 0.6) is 0 Å². The molecular weight excluding hydrogens is 236 g/mol. The van der Waals surface area contributed by atoms with Crippen LogP contribution < -0.4 is 5.32 Å². The standard InChI is InChI=1S/C16H32N2O/c1-13(2)15-5-4-14(3)12-16(15)17-6-7-18-8-10-19-11-9-18/h13-17H,4-12H2,1-3H3. The summed E-state index contributed by atoms with van der Waals surface area (Å²) in [5.74, 6) is 2.59. The Balaban J connectivity index is 1.72. The Labute approximate surface area is 119 Å². The fourth-order valence-corrected chi connectivity index (χ4v) is 3.67. The van der Waals surface area contributed by atoms with Gasteiger partial charge in [0, 0.05) is 32.2 Å². The molecule has 0 spiro atoms. The molecule has 1 N–H and O–H groups in total. The summed E-state index contributed by atoms with van der Waals surface area (Å²) in [6.45, 7) is 13.5. The topological polar surface area (TPSA) is 24.5 Å². The maximum Gasteiger partial charge on any atom is 0.0594 e. The molecule has 3 unspecified atom stereocenters. The van der Waals surface area contributed by atoms with E-state index in [4.69, 9.17) is 4.74 Å². The van der Waals surface area contributed by atoms with Gasteiger partial charge in [0.25, 0.3) is 0 Å². The van der Waals surface area contributed by atoms with Gasteiger partial charge in [-0.2, -0.15) is 0 Å². The normalized spacial score (nSPS) is 33.8. The zero-order valence-electron chi connectivity index (χ0n) is 13.0. The average molecular weight is 268 g/mol. The fourth-order valence-electron chi connectivity index (χ4n) is 3.67. The van der Waals surface area contributed by atoms with Crippen molar-refractivity contribution in [2.75, 3.05) is 39.4 Å². The van der Waals surface area contributed by atoms with Crippen LogP contribution in [0, 0.1) is 17.8 Å². The highest BCUT2D eigenvalue weighted by atomic mass is 16.5. The monoisotopic (exact) mass is 268 g/mol. The Morgan fingerprint density at radius 2 is 1.95 bits per heavy atom. The van der Waals surface area contributed by atoms with Gasteiger partial charge >= 0.3 is 0 Å². The molecule has 1 saturated carbocycles. The predicted octanol–water partition coefficient (Wildman–Crippen LogP) is 2.37. The molecule has 1 aliphatic carbocycles. The number of ether oxygens (including phenoxy) is 1. The summed E-state index contributed by atoms with van der Waals surface area (Å²) in [5.41, 5.74) is 0. The van der Waals surface area contributed by atoms with Crippen molar-refractivity contribution in [2.45, 2.75) is 46.1 Å². The van der Waals surface area contributed by atoms with Crippen molar-refractivity contribution < 1.29 is 4.74 Å². The summed E-state index contributed by atoms with van der Waals surface area (Å²) in [5, 5.41) is 3.85. The van der Waals surface area contributed by atoms with Gasteiger partial charge in [0.2, 0.25) is 0 Å². The number of nitrogens with one attached hydrogen (secondary N) is 1. The van der Waals surface area contributed by atoms with E-state index in [2.05, 4.69) is 31.0 Å². The molecule has 2 rings (SSSR count). The largest absolute Gasteiger partial charge is 0.379 e. The van der Waals surface area contributed by atoms with Crippen molar-refractivity contribution in [3.8, 4) is 0 Å². The zero-order chi connectivity index (χ0) is 13.7. The lowest BCUT2D eigenvalue weighted by Gasteiger charge is -2.38. The molecule has 0 aromatic heterocycles. The van der Waals surface area contributed by atoms with Gasteiger partial charge in [-0.25, -0.2) is 0 Å². The van der Waals surface area contributed by atoms with E-state index in [1.807, 2.05) is 0 Å². The van der Waals surface area contributed by atoms with Gasteiger partial charge in [-0.1, -0.05) is 27.2 Å². The van der Waals surface area contributed by atoms with Crippen molar-refractivity contribution in [3.63, 3.8) is 0 Å². The Hall–Kier alpha value is -0.120. The molecule has 0 aromatic rings. The van der Waals surface area contributed by atoms with Crippen molar-refractivity contribution in [3.05, 3.63) is 0 Å². The minimum Gasteiger partial charge on any atom is -0.379 e. The highest BCUT2D eigenvalue weighted by molar-refractivity contribution is 4.85. The maximum atomic E-state index is 5.40. The molecule has 112 valence electrons. The van der Waals surface area contributed by atoms with Gasteiger partial charge in [0.05, 0.1) is 13.2 Å². The first-order chi connectivity index (χ1) is 9.16. The van der Waals surface area contributed by atoms with Crippen LogP contribution in [0.3, 0.4) is 0 Å². The Kier molecular flexibility index (Phi) is 6.11. The lowest BCUT2D eigenvalue weighted by molar-refractivity contribution is 0.0371. The highest BCUT2D eigenvalue weighted by Gasteiger charge is 2.30. The molecule has 3 nitrogen and oxygen atoms in total. The van der Waals surface area contributed by atoms with Gasteiger partial charge < -0.3 is 10.1 Å². The van der Waals surface area contributed by atoms with Crippen LogP contribution in [0.25, 0.3) is 0 Å².